The summed E-state index contributed by atoms with van der Waals surface area (Å²) in [5, 5.41) is 0. The number of rotatable bonds is 11. The molecule has 4 rings (SSSR count). The number of carbonyl (C=O) groups is 1. The molecule has 0 aromatic heterocycles. The fraction of sp³-hybridized carbons (Fsp3) is 0.567. The van der Waals surface area contributed by atoms with E-state index in [1.54, 1.807) is 28.4 Å². The van der Waals surface area contributed by atoms with Crippen LogP contribution < -0.4 is 18.9 Å². The molecule has 208 valence electrons. The van der Waals surface area contributed by atoms with E-state index in [0.29, 0.717) is 30.6 Å². The molecule has 2 aromatic rings. The van der Waals surface area contributed by atoms with Gasteiger partial charge in [-0.25, -0.2) is 0 Å². The van der Waals surface area contributed by atoms with Crippen LogP contribution in [0.25, 0.3) is 0 Å². The van der Waals surface area contributed by atoms with Crippen LogP contribution in [0.2, 0.25) is 0 Å². The topological polar surface area (TPSA) is 69.7 Å². The molecule has 1 amide bonds. The Morgan fingerprint density at radius 3 is 1.97 bits per heavy atom. The summed E-state index contributed by atoms with van der Waals surface area (Å²) in [7, 11) is 6.54. The second kappa shape index (κ2) is 13.7. The van der Waals surface area contributed by atoms with Crippen molar-refractivity contribution in [3.63, 3.8) is 0 Å². The fourth-order valence-corrected chi connectivity index (χ4v) is 5.63. The summed E-state index contributed by atoms with van der Waals surface area (Å²) in [6.07, 6.45) is 6.13. The predicted molar refractivity (Wildman–Crippen MR) is 147 cm³/mol. The molecule has 0 N–H and O–H groups in total. The Labute approximate surface area is 226 Å². The van der Waals surface area contributed by atoms with Gasteiger partial charge >= 0.3 is 0 Å². The number of carbonyl (C=O) groups excluding carboxylic acids is 1. The summed E-state index contributed by atoms with van der Waals surface area (Å²) < 4.78 is 27.9. The van der Waals surface area contributed by atoms with Crippen molar-refractivity contribution in [1.29, 1.82) is 0 Å². The molecule has 1 saturated carbocycles. The smallest absolute Gasteiger partial charge is 0.227 e. The van der Waals surface area contributed by atoms with Gasteiger partial charge in [0.15, 0.2) is 23.0 Å². The molecule has 1 saturated heterocycles. The van der Waals surface area contributed by atoms with E-state index in [2.05, 4.69) is 11.0 Å². The number of hydrogen-bond acceptors (Lipinski definition) is 7. The average molecular weight is 527 g/mol. The quantitative estimate of drug-likeness (QED) is 0.439. The van der Waals surface area contributed by atoms with E-state index in [1.165, 1.54) is 18.4 Å². The van der Waals surface area contributed by atoms with Crippen molar-refractivity contribution in [2.24, 2.45) is 0 Å². The van der Waals surface area contributed by atoms with Crippen molar-refractivity contribution < 1.29 is 28.5 Å². The van der Waals surface area contributed by atoms with Gasteiger partial charge in [0.2, 0.25) is 5.91 Å². The minimum Gasteiger partial charge on any atom is -0.493 e. The number of methoxy groups -OCH3 is 4. The molecule has 1 aliphatic heterocycles. The predicted octanol–water partition coefficient (Wildman–Crippen LogP) is 3.98. The zero-order valence-electron chi connectivity index (χ0n) is 23.2. The van der Waals surface area contributed by atoms with Crippen LogP contribution in [0.5, 0.6) is 23.0 Å². The maximum absolute atomic E-state index is 13.0. The second-order valence-electron chi connectivity index (χ2n) is 9.98. The summed E-state index contributed by atoms with van der Waals surface area (Å²) in [4.78, 5) is 17.6. The summed E-state index contributed by atoms with van der Waals surface area (Å²) >= 11 is 0. The summed E-state index contributed by atoms with van der Waals surface area (Å²) in [6, 6.07) is 12.1. The van der Waals surface area contributed by atoms with Gasteiger partial charge in [-0.3, -0.25) is 9.69 Å². The lowest BCUT2D eigenvalue weighted by Gasteiger charge is -2.44. The van der Waals surface area contributed by atoms with Crippen LogP contribution in [0.4, 0.5) is 0 Å². The largest absolute Gasteiger partial charge is 0.493 e. The van der Waals surface area contributed by atoms with Crippen molar-refractivity contribution in [3.8, 4) is 23.0 Å². The number of hydrogen-bond donors (Lipinski definition) is 0. The van der Waals surface area contributed by atoms with Crippen LogP contribution in [0.3, 0.4) is 0 Å². The van der Waals surface area contributed by atoms with Crippen LogP contribution in [0, 0.1) is 0 Å². The van der Waals surface area contributed by atoms with Gasteiger partial charge in [0.25, 0.3) is 0 Å². The number of piperazine rings is 1. The summed E-state index contributed by atoms with van der Waals surface area (Å²) in [5.41, 5.74) is 2.11. The van der Waals surface area contributed by atoms with E-state index in [9.17, 15) is 4.79 Å². The lowest BCUT2D eigenvalue weighted by Crippen LogP contribution is -2.56. The van der Waals surface area contributed by atoms with Gasteiger partial charge in [0.1, 0.15) is 0 Å². The highest BCUT2D eigenvalue weighted by Gasteiger charge is 2.33. The highest BCUT2D eigenvalue weighted by Crippen LogP contribution is 2.30. The summed E-state index contributed by atoms with van der Waals surface area (Å²) in [6.45, 7) is 3.96. The first kappa shape index (κ1) is 28.0. The Bertz CT molecular complexity index is 1050. The van der Waals surface area contributed by atoms with E-state index in [4.69, 9.17) is 23.7 Å². The molecule has 0 unspecified atom stereocenters. The van der Waals surface area contributed by atoms with Crippen molar-refractivity contribution >= 4 is 5.91 Å². The molecule has 0 radical (unpaired) electrons. The monoisotopic (exact) mass is 526 g/mol. The maximum atomic E-state index is 13.0. The standard InChI is InChI=1S/C30H42N2O6/c1-34-26-11-9-22(19-28(26)36-3)13-18-38-25-8-6-5-7-24(25)31-14-16-32(17-15-31)30(33)21-23-10-12-27(35-2)29(20-23)37-4/h9-12,19-20,24-25H,5-8,13-18,21H2,1-4H3/t24-,25-/m0/s1. The minimum atomic E-state index is 0.156. The molecule has 0 spiro atoms. The number of ether oxygens (including phenoxy) is 5. The van der Waals surface area contributed by atoms with Gasteiger partial charge in [-0.05, 0) is 54.7 Å². The maximum Gasteiger partial charge on any atom is 0.227 e. The van der Waals surface area contributed by atoms with Crippen molar-refractivity contribution in [2.75, 3.05) is 61.2 Å². The van der Waals surface area contributed by atoms with Crippen molar-refractivity contribution in [2.45, 2.75) is 50.7 Å². The molecule has 2 aliphatic rings. The normalized spacial score (nSPS) is 20.2. The second-order valence-corrected chi connectivity index (χ2v) is 9.98. The third-order valence-corrected chi connectivity index (χ3v) is 7.78. The van der Waals surface area contributed by atoms with E-state index >= 15 is 0 Å². The lowest BCUT2D eigenvalue weighted by atomic mass is 9.90. The van der Waals surface area contributed by atoms with Gasteiger partial charge in [0.05, 0.1) is 47.6 Å². The Morgan fingerprint density at radius 2 is 1.34 bits per heavy atom. The van der Waals surface area contributed by atoms with Crippen LogP contribution in [-0.2, 0) is 22.4 Å². The number of amides is 1. The average Bonchev–Trinajstić information content (AvgIpc) is 2.97. The Kier molecular flexibility index (Phi) is 10.1. The van der Waals surface area contributed by atoms with Gasteiger partial charge in [-0.2, -0.15) is 0 Å². The van der Waals surface area contributed by atoms with E-state index in [0.717, 1.165) is 62.5 Å². The fourth-order valence-electron chi connectivity index (χ4n) is 5.63. The molecule has 2 fully saturated rings. The summed E-state index contributed by atoms with van der Waals surface area (Å²) in [5.74, 6) is 2.97. The highest BCUT2D eigenvalue weighted by molar-refractivity contribution is 5.79. The van der Waals surface area contributed by atoms with E-state index in [-0.39, 0.29) is 12.0 Å². The molecular weight excluding hydrogens is 484 g/mol. The van der Waals surface area contributed by atoms with E-state index < -0.39 is 0 Å². The van der Waals surface area contributed by atoms with Gasteiger partial charge in [-0.15, -0.1) is 0 Å². The van der Waals surface area contributed by atoms with Crippen LogP contribution in [-0.4, -0.2) is 89.1 Å². The van der Waals surface area contributed by atoms with Crippen molar-refractivity contribution in [1.82, 2.24) is 9.80 Å². The van der Waals surface area contributed by atoms with Gasteiger partial charge in [-0.1, -0.05) is 25.0 Å². The SMILES string of the molecule is COc1ccc(CCO[C@H]2CCCC[C@@H]2N2CCN(C(=O)Cc3ccc(OC)c(OC)c3)CC2)cc1OC. The Morgan fingerprint density at radius 1 is 0.763 bits per heavy atom. The first-order valence-electron chi connectivity index (χ1n) is 13.6. The first-order chi connectivity index (χ1) is 18.6. The van der Waals surface area contributed by atoms with Gasteiger partial charge in [0, 0.05) is 32.2 Å². The third-order valence-electron chi connectivity index (χ3n) is 7.78. The third kappa shape index (κ3) is 6.91. The number of nitrogens with zero attached hydrogens (tertiary/aromatic N) is 2. The van der Waals surface area contributed by atoms with E-state index in [1.807, 2.05) is 35.2 Å². The van der Waals surface area contributed by atoms with Crippen molar-refractivity contribution in [3.05, 3.63) is 47.5 Å². The highest BCUT2D eigenvalue weighted by atomic mass is 16.5. The first-order valence-corrected chi connectivity index (χ1v) is 13.6. The molecular formula is C30H42N2O6. The number of benzene rings is 2. The Balaban J connectivity index is 1.27. The zero-order chi connectivity index (χ0) is 26.9. The molecule has 8 nitrogen and oxygen atoms in total. The molecule has 1 aliphatic carbocycles. The molecule has 38 heavy (non-hydrogen) atoms. The molecule has 8 heteroatoms. The van der Waals surface area contributed by atoms with Crippen LogP contribution in [0.1, 0.15) is 36.8 Å². The molecule has 2 aromatic carbocycles. The molecule has 2 atom stereocenters. The minimum absolute atomic E-state index is 0.156. The zero-order valence-corrected chi connectivity index (χ0v) is 23.2. The van der Waals surface area contributed by atoms with Crippen LogP contribution >= 0.6 is 0 Å². The Hall–Kier alpha value is -2.97. The molecule has 0 bridgehead atoms. The molecule has 1 heterocycles. The van der Waals surface area contributed by atoms with Crippen LogP contribution in [0.15, 0.2) is 36.4 Å². The van der Waals surface area contributed by atoms with Gasteiger partial charge < -0.3 is 28.6 Å². The lowest BCUT2D eigenvalue weighted by molar-refractivity contribution is -0.133.